The van der Waals surface area contributed by atoms with Gasteiger partial charge in [0.15, 0.2) is 0 Å². The van der Waals surface area contributed by atoms with Crippen LogP contribution in [0.25, 0.3) is 0 Å². The van der Waals surface area contributed by atoms with E-state index in [4.69, 9.17) is 16.9 Å². The molecule has 0 heterocycles. The summed E-state index contributed by atoms with van der Waals surface area (Å²) in [6.45, 7) is 0. The van der Waals surface area contributed by atoms with E-state index in [1.54, 1.807) is 0 Å². The van der Waals surface area contributed by atoms with E-state index in [1.165, 1.54) is 30.5 Å². The number of halogens is 1. The van der Waals surface area contributed by atoms with Crippen LogP contribution in [0.15, 0.2) is 29.3 Å². The third-order valence-electron chi connectivity index (χ3n) is 1.44. The lowest BCUT2D eigenvalue weighted by atomic mass is 10.2. The number of nitriles is 1. The van der Waals surface area contributed by atoms with Crippen LogP contribution in [-0.2, 0) is 0 Å². The Labute approximate surface area is 84.4 Å². The van der Waals surface area contributed by atoms with Gasteiger partial charge < -0.3 is 0 Å². The number of nitro groups is 1. The normalized spacial score (nSPS) is 10.7. The summed E-state index contributed by atoms with van der Waals surface area (Å²) in [6.07, 6.45) is 1.50. The Bertz CT molecular complexity index is 436. The molecule has 5 nitrogen and oxygen atoms in total. The van der Waals surface area contributed by atoms with Gasteiger partial charge in [0.1, 0.15) is 5.17 Å². The van der Waals surface area contributed by atoms with E-state index >= 15 is 0 Å². The third-order valence-corrected chi connectivity index (χ3v) is 1.75. The zero-order valence-electron chi connectivity index (χ0n) is 6.85. The van der Waals surface area contributed by atoms with Crippen molar-refractivity contribution in [1.29, 1.82) is 5.26 Å². The van der Waals surface area contributed by atoms with Gasteiger partial charge in [0, 0.05) is 17.7 Å². The van der Waals surface area contributed by atoms with Gasteiger partial charge in [-0.2, -0.15) is 10.3 Å². The van der Waals surface area contributed by atoms with Gasteiger partial charge in [-0.1, -0.05) is 23.7 Å². The Balaban J connectivity index is 3.13. The molecule has 0 saturated carbocycles. The second kappa shape index (κ2) is 4.35. The predicted octanol–water partition coefficient (Wildman–Crippen LogP) is 2.06. The van der Waals surface area contributed by atoms with Crippen LogP contribution in [0.3, 0.4) is 0 Å². The molecule has 0 atom stereocenters. The van der Waals surface area contributed by atoms with Crippen molar-refractivity contribution in [3.05, 3.63) is 39.9 Å². The maximum absolute atomic E-state index is 10.4. The Hall–Kier alpha value is -1.93. The minimum atomic E-state index is -0.542. The Morgan fingerprint density at radius 3 is 2.93 bits per heavy atom. The summed E-state index contributed by atoms with van der Waals surface area (Å²) >= 11 is 5.59. The molecule has 0 spiro atoms. The molecule has 1 aromatic carbocycles. The van der Waals surface area contributed by atoms with E-state index in [0.29, 0.717) is 5.56 Å². The summed E-state index contributed by atoms with van der Waals surface area (Å²) in [5.74, 6) is 0. The fraction of sp³-hybridized carbons (Fsp3) is 0. The van der Waals surface area contributed by atoms with Gasteiger partial charge in [0.25, 0.3) is 5.69 Å². The summed E-state index contributed by atoms with van der Waals surface area (Å²) in [7, 11) is 0. The first-order valence-electron chi connectivity index (χ1n) is 3.52. The van der Waals surface area contributed by atoms with Gasteiger partial charge in [-0.05, 0) is 0 Å². The highest BCUT2D eigenvalue weighted by atomic mass is 35.5. The summed E-state index contributed by atoms with van der Waals surface area (Å²) < 4.78 is 0. The summed E-state index contributed by atoms with van der Waals surface area (Å²) in [4.78, 5) is 13.1. The maximum atomic E-state index is 10.4. The van der Waals surface area contributed by atoms with E-state index in [0.717, 1.165) is 0 Å². The van der Waals surface area contributed by atoms with E-state index in [2.05, 4.69) is 4.99 Å². The molecule has 0 fully saturated rings. The molecule has 0 saturated heterocycles. The molecule has 0 amide bonds. The molecule has 0 bridgehead atoms. The SMILES string of the molecule is N#CN=C(Cl)c1cccc([N+](=O)[O-])c1. The lowest BCUT2D eigenvalue weighted by molar-refractivity contribution is -0.384. The Morgan fingerprint density at radius 1 is 1.64 bits per heavy atom. The number of nitro benzene ring substituents is 1. The lowest BCUT2D eigenvalue weighted by Crippen LogP contribution is -1.93. The number of nitrogens with zero attached hydrogens (tertiary/aromatic N) is 3. The summed E-state index contributed by atoms with van der Waals surface area (Å²) in [6, 6.07) is 5.60. The Kier molecular flexibility index (Phi) is 3.15. The molecule has 70 valence electrons. The van der Waals surface area contributed by atoms with Crippen LogP contribution in [0.4, 0.5) is 5.69 Å². The Morgan fingerprint density at radius 2 is 2.36 bits per heavy atom. The van der Waals surface area contributed by atoms with Gasteiger partial charge in [0.05, 0.1) is 4.92 Å². The van der Waals surface area contributed by atoms with Gasteiger partial charge >= 0.3 is 0 Å². The third kappa shape index (κ3) is 2.28. The average molecular weight is 210 g/mol. The fourth-order valence-electron chi connectivity index (χ4n) is 0.856. The van der Waals surface area contributed by atoms with Crippen molar-refractivity contribution in [2.45, 2.75) is 0 Å². The minimum Gasteiger partial charge on any atom is -0.258 e. The van der Waals surface area contributed by atoms with Gasteiger partial charge in [0.2, 0.25) is 6.19 Å². The molecule has 0 unspecified atom stereocenters. The quantitative estimate of drug-likeness (QED) is 0.324. The van der Waals surface area contributed by atoms with Crippen molar-refractivity contribution in [2.24, 2.45) is 4.99 Å². The number of benzene rings is 1. The molecule has 14 heavy (non-hydrogen) atoms. The molecule has 0 aromatic heterocycles. The molecule has 0 radical (unpaired) electrons. The minimum absolute atomic E-state index is 0.0591. The first-order chi connectivity index (χ1) is 6.65. The van der Waals surface area contributed by atoms with Crippen LogP contribution in [-0.4, -0.2) is 10.1 Å². The zero-order chi connectivity index (χ0) is 10.6. The van der Waals surface area contributed by atoms with Crippen molar-refractivity contribution in [3.63, 3.8) is 0 Å². The molecule has 1 aromatic rings. The van der Waals surface area contributed by atoms with Crippen LogP contribution < -0.4 is 0 Å². The number of aliphatic imine (C=N–C) groups is 1. The number of non-ortho nitro benzene ring substituents is 1. The highest BCUT2D eigenvalue weighted by molar-refractivity contribution is 6.69. The monoisotopic (exact) mass is 209 g/mol. The van der Waals surface area contributed by atoms with Crippen molar-refractivity contribution in [3.8, 4) is 6.19 Å². The lowest BCUT2D eigenvalue weighted by Gasteiger charge is -1.95. The van der Waals surface area contributed by atoms with Crippen LogP contribution >= 0.6 is 11.6 Å². The maximum Gasteiger partial charge on any atom is 0.270 e. The molecule has 0 aliphatic heterocycles. The largest absolute Gasteiger partial charge is 0.270 e. The number of hydrogen-bond donors (Lipinski definition) is 0. The molecule has 6 heteroatoms. The fourth-order valence-corrected chi connectivity index (χ4v) is 1.01. The van der Waals surface area contributed by atoms with Crippen LogP contribution in [0.5, 0.6) is 0 Å². The van der Waals surface area contributed by atoms with Crippen LogP contribution in [0.2, 0.25) is 0 Å². The standard InChI is InChI=1S/C8H4ClN3O2/c9-8(11-5-10)6-2-1-3-7(4-6)12(13)14/h1-4H. The average Bonchev–Trinajstić information content (AvgIpc) is 2.18. The predicted molar refractivity (Wildman–Crippen MR) is 51.1 cm³/mol. The first kappa shape index (κ1) is 10.2. The van der Waals surface area contributed by atoms with Crippen molar-refractivity contribution in [1.82, 2.24) is 0 Å². The van der Waals surface area contributed by atoms with Crippen molar-refractivity contribution >= 4 is 22.5 Å². The van der Waals surface area contributed by atoms with Crippen molar-refractivity contribution in [2.75, 3.05) is 0 Å². The van der Waals surface area contributed by atoms with E-state index in [-0.39, 0.29) is 10.9 Å². The highest BCUT2D eigenvalue weighted by Gasteiger charge is 2.07. The molecular formula is C8H4ClN3O2. The van der Waals surface area contributed by atoms with E-state index in [9.17, 15) is 10.1 Å². The summed E-state index contributed by atoms with van der Waals surface area (Å²) in [5.41, 5.74) is 0.260. The zero-order valence-corrected chi connectivity index (χ0v) is 7.60. The second-order valence-electron chi connectivity index (χ2n) is 2.31. The number of rotatable bonds is 2. The smallest absolute Gasteiger partial charge is 0.258 e. The van der Waals surface area contributed by atoms with Gasteiger partial charge in [-0.15, -0.1) is 0 Å². The molecule has 0 N–H and O–H groups in total. The van der Waals surface area contributed by atoms with E-state index in [1.807, 2.05) is 0 Å². The summed E-state index contributed by atoms with van der Waals surface area (Å²) in [5, 5.41) is 18.6. The number of hydrogen-bond acceptors (Lipinski definition) is 4. The molecule has 0 aliphatic carbocycles. The molecular weight excluding hydrogens is 206 g/mol. The molecule has 0 aliphatic rings. The highest BCUT2D eigenvalue weighted by Crippen LogP contribution is 2.14. The molecule has 1 rings (SSSR count). The van der Waals surface area contributed by atoms with Gasteiger partial charge in [-0.3, -0.25) is 10.1 Å². The van der Waals surface area contributed by atoms with Crippen LogP contribution in [0.1, 0.15) is 5.56 Å². The van der Waals surface area contributed by atoms with Crippen molar-refractivity contribution < 1.29 is 4.92 Å². The first-order valence-corrected chi connectivity index (χ1v) is 3.90. The van der Waals surface area contributed by atoms with E-state index < -0.39 is 4.92 Å². The van der Waals surface area contributed by atoms with Crippen LogP contribution in [0, 0.1) is 21.6 Å². The topological polar surface area (TPSA) is 79.3 Å². The second-order valence-corrected chi connectivity index (χ2v) is 2.67. The van der Waals surface area contributed by atoms with Gasteiger partial charge in [-0.25, -0.2) is 0 Å².